The van der Waals surface area contributed by atoms with Gasteiger partial charge in [-0.05, 0) is 63.4 Å². The summed E-state index contributed by atoms with van der Waals surface area (Å²) < 4.78 is 11.0. The van der Waals surface area contributed by atoms with Gasteiger partial charge in [-0.15, -0.1) is 0 Å². The molecule has 0 atom stereocenters. The molecule has 0 amide bonds. The summed E-state index contributed by atoms with van der Waals surface area (Å²) in [5.74, 6) is 1.35. The van der Waals surface area contributed by atoms with Crippen LogP contribution in [0.4, 0.5) is 0 Å². The van der Waals surface area contributed by atoms with Crippen molar-refractivity contribution in [2.24, 2.45) is 0 Å². The van der Waals surface area contributed by atoms with Crippen molar-refractivity contribution in [2.45, 2.75) is 58.4 Å². The Balaban J connectivity index is 1.69. The van der Waals surface area contributed by atoms with Crippen molar-refractivity contribution in [3.8, 4) is 5.75 Å². The SMILES string of the molecule is CCOC(=N)CCCCOc1cccc(CN2CCCCCC2)c1. The predicted octanol–water partition coefficient (Wildman–Crippen LogP) is 4.63. The molecule has 1 saturated heterocycles. The molecule has 0 unspecified atom stereocenters. The molecule has 0 aliphatic carbocycles. The smallest absolute Gasteiger partial charge is 0.180 e. The Bertz CT molecular complexity index is 482. The molecule has 0 saturated carbocycles. The van der Waals surface area contributed by atoms with Crippen LogP contribution in [-0.2, 0) is 11.3 Å². The van der Waals surface area contributed by atoms with Gasteiger partial charge in [0, 0.05) is 13.0 Å². The van der Waals surface area contributed by atoms with Crippen LogP contribution in [0.5, 0.6) is 5.75 Å². The Morgan fingerprint density at radius 2 is 1.92 bits per heavy atom. The summed E-state index contributed by atoms with van der Waals surface area (Å²) in [5, 5.41) is 7.59. The minimum atomic E-state index is 0.386. The molecule has 1 aromatic rings. The first-order chi connectivity index (χ1) is 11.8. The number of nitrogens with zero attached hydrogens (tertiary/aromatic N) is 1. The number of likely N-dealkylation sites (tertiary alicyclic amines) is 1. The Hall–Kier alpha value is -1.55. The van der Waals surface area contributed by atoms with Crippen LogP contribution in [0.15, 0.2) is 24.3 Å². The highest BCUT2D eigenvalue weighted by Crippen LogP contribution is 2.18. The van der Waals surface area contributed by atoms with Crippen LogP contribution in [0.1, 0.15) is 57.4 Å². The quantitative estimate of drug-likeness (QED) is 0.407. The maximum Gasteiger partial charge on any atom is 0.180 e. The van der Waals surface area contributed by atoms with Gasteiger partial charge in [0.2, 0.25) is 0 Å². The van der Waals surface area contributed by atoms with Gasteiger partial charge in [0.25, 0.3) is 0 Å². The lowest BCUT2D eigenvalue weighted by Crippen LogP contribution is -2.23. The second-order valence-corrected chi connectivity index (χ2v) is 6.50. The van der Waals surface area contributed by atoms with Gasteiger partial charge >= 0.3 is 0 Å². The van der Waals surface area contributed by atoms with E-state index in [4.69, 9.17) is 14.9 Å². The standard InChI is InChI=1S/C20H32N2O2/c1-2-23-20(21)12-5-8-15-24-19-11-9-10-18(16-19)17-22-13-6-3-4-7-14-22/h9-11,16,21H,2-8,12-15,17H2,1H3. The zero-order valence-electron chi connectivity index (χ0n) is 15.1. The molecule has 1 heterocycles. The number of hydrogen-bond donors (Lipinski definition) is 1. The number of benzene rings is 1. The summed E-state index contributed by atoms with van der Waals surface area (Å²) >= 11 is 0. The molecule has 4 heteroatoms. The number of hydrogen-bond acceptors (Lipinski definition) is 4. The Morgan fingerprint density at radius 3 is 2.67 bits per heavy atom. The predicted molar refractivity (Wildman–Crippen MR) is 98.9 cm³/mol. The Morgan fingerprint density at radius 1 is 1.12 bits per heavy atom. The lowest BCUT2D eigenvalue weighted by atomic mass is 10.2. The summed E-state index contributed by atoms with van der Waals surface area (Å²) in [6.07, 6.45) is 7.99. The molecule has 0 aromatic heterocycles. The largest absolute Gasteiger partial charge is 0.494 e. The van der Waals surface area contributed by atoms with Gasteiger partial charge in [0.05, 0.1) is 13.2 Å². The number of ether oxygens (including phenoxy) is 2. The maximum atomic E-state index is 7.59. The van der Waals surface area contributed by atoms with Crippen molar-refractivity contribution in [1.29, 1.82) is 5.41 Å². The first-order valence-electron chi connectivity index (χ1n) is 9.42. The minimum Gasteiger partial charge on any atom is -0.494 e. The second-order valence-electron chi connectivity index (χ2n) is 6.50. The van der Waals surface area contributed by atoms with E-state index in [-0.39, 0.29) is 0 Å². The Kier molecular flexibility index (Phi) is 8.67. The van der Waals surface area contributed by atoms with Crippen LogP contribution in [0, 0.1) is 5.41 Å². The van der Waals surface area contributed by atoms with Gasteiger partial charge in [-0.1, -0.05) is 25.0 Å². The van der Waals surface area contributed by atoms with Gasteiger partial charge < -0.3 is 9.47 Å². The monoisotopic (exact) mass is 332 g/mol. The molecule has 0 bridgehead atoms. The van der Waals surface area contributed by atoms with Crippen LogP contribution in [0.25, 0.3) is 0 Å². The molecule has 24 heavy (non-hydrogen) atoms. The topological polar surface area (TPSA) is 45.6 Å². The normalized spacial score (nSPS) is 15.7. The Labute approximate surface area is 146 Å². The van der Waals surface area contributed by atoms with Crippen molar-refractivity contribution >= 4 is 5.90 Å². The summed E-state index contributed by atoms with van der Waals surface area (Å²) in [6.45, 7) is 6.67. The van der Waals surface area contributed by atoms with E-state index >= 15 is 0 Å². The van der Waals surface area contributed by atoms with E-state index in [0.717, 1.165) is 25.1 Å². The van der Waals surface area contributed by atoms with Crippen molar-refractivity contribution in [3.05, 3.63) is 29.8 Å². The third-order valence-corrected chi connectivity index (χ3v) is 4.39. The fourth-order valence-electron chi connectivity index (χ4n) is 3.11. The first kappa shape index (κ1) is 18.8. The molecular weight excluding hydrogens is 300 g/mol. The highest BCUT2D eigenvalue weighted by Gasteiger charge is 2.09. The van der Waals surface area contributed by atoms with Crippen LogP contribution in [0.2, 0.25) is 0 Å². The third kappa shape index (κ3) is 7.35. The lowest BCUT2D eigenvalue weighted by Gasteiger charge is -2.20. The molecule has 1 aromatic carbocycles. The number of unbranched alkanes of at least 4 members (excludes halogenated alkanes) is 1. The molecule has 134 valence electrons. The molecule has 0 radical (unpaired) electrons. The molecule has 2 rings (SSSR count). The molecule has 4 nitrogen and oxygen atoms in total. The number of rotatable bonds is 9. The van der Waals surface area contributed by atoms with Crippen LogP contribution < -0.4 is 4.74 Å². The van der Waals surface area contributed by atoms with Gasteiger partial charge in [0.1, 0.15) is 5.75 Å². The van der Waals surface area contributed by atoms with E-state index in [1.807, 2.05) is 13.0 Å². The van der Waals surface area contributed by atoms with E-state index in [9.17, 15) is 0 Å². The number of nitrogens with one attached hydrogen (secondary N) is 1. The van der Waals surface area contributed by atoms with Gasteiger partial charge in [0.15, 0.2) is 5.90 Å². The van der Waals surface area contributed by atoms with E-state index in [1.165, 1.54) is 44.3 Å². The fraction of sp³-hybridized carbons (Fsp3) is 0.650. The molecule has 1 fully saturated rings. The van der Waals surface area contributed by atoms with E-state index in [0.29, 0.717) is 25.5 Å². The van der Waals surface area contributed by atoms with E-state index in [1.54, 1.807) is 0 Å². The van der Waals surface area contributed by atoms with Gasteiger partial charge in [-0.3, -0.25) is 10.3 Å². The average molecular weight is 332 g/mol. The maximum absolute atomic E-state index is 7.59. The summed E-state index contributed by atoms with van der Waals surface area (Å²) in [4.78, 5) is 2.56. The molecular formula is C20H32N2O2. The van der Waals surface area contributed by atoms with Crippen LogP contribution >= 0.6 is 0 Å². The van der Waals surface area contributed by atoms with E-state index < -0.39 is 0 Å². The van der Waals surface area contributed by atoms with Crippen molar-refractivity contribution in [2.75, 3.05) is 26.3 Å². The van der Waals surface area contributed by atoms with Crippen molar-refractivity contribution in [1.82, 2.24) is 4.90 Å². The van der Waals surface area contributed by atoms with Gasteiger partial charge in [-0.2, -0.15) is 0 Å². The summed E-state index contributed by atoms with van der Waals surface area (Å²) in [5.41, 5.74) is 1.34. The first-order valence-corrected chi connectivity index (χ1v) is 9.42. The van der Waals surface area contributed by atoms with Crippen LogP contribution in [-0.4, -0.2) is 37.1 Å². The molecule has 1 aliphatic heterocycles. The molecule has 1 aliphatic rings. The van der Waals surface area contributed by atoms with Crippen molar-refractivity contribution < 1.29 is 9.47 Å². The lowest BCUT2D eigenvalue weighted by molar-refractivity contribution is 0.274. The van der Waals surface area contributed by atoms with Gasteiger partial charge in [-0.25, -0.2) is 0 Å². The summed E-state index contributed by atoms with van der Waals surface area (Å²) in [7, 11) is 0. The summed E-state index contributed by atoms with van der Waals surface area (Å²) in [6, 6.07) is 8.50. The second kappa shape index (κ2) is 11.1. The zero-order chi connectivity index (χ0) is 17.0. The van der Waals surface area contributed by atoms with Crippen LogP contribution in [0.3, 0.4) is 0 Å². The molecule has 0 spiro atoms. The highest BCUT2D eigenvalue weighted by molar-refractivity contribution is 5.72. The fourth-order valence-corrected chi connectivity index (χ4v) is 3.11. The molecule has 1 N–H and O–H groups in total. The third-order valence-electron chi connectivity index (χ3n) is 4.39. The average Bonchev–Trinajstić information content (AvgIpc) is 2.84. The minimum absolute atomic E-state index is 0.386. The highest BCUT2D eigenvalue weighted by atomic mass is 16.5. The van der Waals surface area contributed by atoms with Crippen molar-refractivity contribution in [3.63, 3.8) is 0 Å². The zero-order valence-corrected chi connectivity index (χ0v) is 15.1. The van der Waals surface area contributed by atoms with E-state index in [2.05, 4.69) is 23.1 Å².